The van der Waals surface area contributed by atoms with Crippen LogP contribution in [0.15, 0.2) is 36.4 Å². The smallest absolute Gasteiger partial charge is 0.336 e. The van der Waals surface area contributed by atoms with Gasteiger partial charge >= 0.3 is 11.9 Å². The molecular weight excluding hydrogens is 256 g/mol. The lowest BCUT2D eigenvalue weighted by atomic mass is 9.89. The normalized spacial score (nSPS) is 10.3. The number of benzene rings is 2. The van der Waals surface area contributed by atoms with Crippen molar-refractivity contribution in [1.82, 2.24) is 0 Å². The van der Waals surface area contributed by atoms with E-state index < -0.39 is 11.9 Å². The Morgan fingerprint density at radius 3 is 2.05 bits per heavy atom. The minimum Gasteiger partial charge on any atom is -0.478 e. The maximum Gasteiger partial charge on any atom is 0.336 e. The molecule has 0 amide bonds. The number of aryl methyl sites for hydroxylation is 1. The molecule has 0 aliphatic heterocycles. The van der Waals surface area contributed by atoms with Crippen LogP contribution in [0.4, 0.5) is 0 Å². The molecule has 0 aliphatic carbocycles. The monoisotopic (exact) mass is 270 g/mol. The lowest BCUT2D eigenvalue weighted by Crippen LogP contribution is -2.06. The fourth-order valence-corrected chi connectivity index (χ4v) is 2.23. The van der Waals surface area contributed by atoms with E-state index in [1.54, 1.807) is 31.2 Å². The third-order valence-electron chi connectivity index (χ3n) is 3.39. The topological polar surface area (TPSA) is 74.6 Å². The van der Waals surface area contributed by atoms with Gasteiger partial charge in [0.25, 0.3) is 0 Å². The number of carbonyl (C=O) groups is 2. The molecule has 2 aromatic rings. The van der Waals surface area contributed by atoms with Crippen LogP contribution in [-0.2, 0) is 0 Å². The van der Waals surface area contributed by atoms with E-state index >= 15 is 0 Å². The molecule has 0 unspecified atom stereocenters. The van der Waals surface area contributed by atoms with Crippen molar-refractivity contribution in [2.45, 2.75) is 13.8 Å². The zero-order valence-electron chi connectivity index (χ0n) is 11.2. The molecule has 0 radical (unpaired) electrons. The van der Waals surface area contributed by atoms with Gasteiger partial charge in [0.2, 0.25) is 0 Å². The second-order valence-electron chi connectivity index (χ2n) is 4.59. The molecular formula is C16H14O4. The van der Waals surface area contributed by atoms with Crippen LogP contribution < -0.4 is 0 Å². The number of hydrogen-bond donors (Lipinski definition) is 2. The Balaban J connectivity index is 2.85. The molecule has 0 atom stereocenters. The highest BCUT2D eigenvalue weighted by molar-refractivity contribution is 6.03. The summed E-state index contributed by atoms with van der Waals surface area (Å²) in [5.74, 6) is -2.14. The Morgan fingerprint density at radius 1 is 0.850 bits per heavy atom. The summed E-state index contributed by atoms with van der Waals surface area (Å²) in [5, 5.41) is 18.6. The molecule has 0 aromatic heterocycles. The Bertz CT molecular complexity index is 702. The average molecular weight is 270 g/mol. The maximum atomic E-state index is 11.4. The zero-order valence-corrected chi connectivity index (χ0v) is 11.2. The lowest BCUT2D eigenvalue weighted by molar-refractivity contribution is 0.0684. The van der Waals surface area contributed by atoms with E-state index in [2.05, 4.69) is 0 Å². The first-order valence-electron chi connectivity index (χ1n) is 6.09. The summed E-state index contributed by atoms with van der Waals surface area (Å²) in [4.78, 5) is 22.7. The predicted molar refractivity (Wildman–Crippen MR) is 75.3 cm³/mol. The Kier molecular flexibility index (Phi) is 3.57. The van der Waals surface area contributed by atoms with Crippen LogP contribution in [-0.4, -0.2) is 22.2 Å². The molecule has 4 nitrogen and oxygen atoms in total. The first-order chi connectivity index (χ1) is 9.43. The van der Waals surface area contributed by atoms with Crippen molar-refractivity contribution in [3.63, 3.8) is 0 Å². The summed E-state index contributed by atoms with van der Waals surface area (Å²) in [5.41, 5.74) is 2.81. The van der Waals surface area contributed by atoms with E-state index in [1.165, 1.54) is 12.1 Å². The van der Waals surface area contributed by atoms with Crippen molar-refractivity contribution >= 4 is 11.9 Å². The van der Waals surface area contributed by atoms with E-state index in [0.29, 0.717) is 11.1 Å². The summed E-state index contributed by atoms with van der Waals surface area (Å²) in [6.07, 6.45) is 0. The third-order valence-corrected chi connectivity index (χ3v) is 3.39. The molecule has 2 aromatic carbocycles. The van der Waals surface area contributed by atoms with Crippen LogP contribution in [0.1, 0.15) is 31.8 Å². The summed E-state index contributed by atoms with van der Waals surface area (Å²) in [7, 11) is 0. The van der Waals surface area contributed by atoms with E-state index in [1.807, 2.05) is 6.92 Å². The van der Waals surface area contributed by atoms with Gasteiger partial charge in [-0.15, -0.1) is 0 Å². The summed E-state index contributed by atoms with van der Waals surface area (Å²) in [6.45, 7) is 3.67. The first kappa shape index (κ1) is 13.8. The first-order valence-corrected chi connectivity index (χ1v) is 6.09. The van der Waals surface area contributed by atoms with Gasteiger partial charge in [-0.1, -0.05) is 24.3 Å². The lowest BCUT2D eigenvalue weighted by Gasteiger charge is -2.14. The quantitative estimate of drug-likeness (QED) is 0.896. The molecule has 0 spiro atoms. The Morgan fingerprint density at radius 2 is 1.45 bits per heavy atom. The maximum absolute atomic E-state index is 11.4. The van der Waals surface area contributed by atoms with E-state index in [4.69, 9.17) is 0 Å². The molecule has 0 fully saturated rings. The van der Waals surface area contributed by atoms with Gasteiger partial charge in [-0.05, 0) is 42.7 Å². The van der Waals surface area contributed by atoms with Gasteiger partial charge in [0.05, 0.1) is 11.1 Å². The van der Waals surface area contributed by atoms with Crippen molar-refractivity contribution in [3.05, 3.63) is 58.7 Å². The third kappa shape index (κ3) is 2.28. The number of carboxylic acids is 2. The highest BCUT2D eigenvalue weighted by Gasteiger charge is 2.19. The fourth-order valence-electron chi connectivity index (χ4n) is 2.23. The number of rotatable bonds is 3. The second-order valence-corrected chi connectivity index (χ2v) is 4.59. The number of hydrogen-bond acceptors (Lipinski definition) is 2. The van der Waals surface area contributed by atoms with Crippen LogP contribution in [0.5, 0.6) is 0 Å². The fraction of sp³-hybridized carbons (Fsp3) is 0.125. The summed E-state index contributed by atoms with van der Waals surface area (Å²) < 4.78 is 0. The molecule has 102 valence electrons. The Hall–Kier alpha value is -2.62. The van der Waals surface area contributed by atoms with Crippen molar-refractivity contribution in [2.24, 2.45) is 0 Å². The minimum absolute atomic E-state index is 0.101. The highest BCUT2D eigenvalue weighted by Crippen LogP contribution is 2.32. The highest BCUT2D eigenvalue weighted by atomic mass is 16.4. The molecule has 0 heterocycles. The van der Waals surface area contributed by atoms with E-state index in [-0.39, 0.29) is 11.1 Å². The largest absolute Gasteiger partial charge is 0.478 e. The molecule has 0 bridgehead atoms. The summed E-state index contributed by atoms with van der Waals surface area (Å²) >= 11 is 0. The molecule has 0 aliphatic rings. The molecule has 2 rings (SSSR count). The van der Waals surface area contributed by atoms with Crippen LogP contribution in [0.2, 0.25) is 0 Å². The van der Waals surface area contributed by atoms with Gasteiger partial charge < -0.3 is 10.2 Å². The van der Waals surface area contributed by atoms with Gasteiger partial charge in [0.15, 0.2) is 0 Å². The molecule has 0 saturated carbocycles. The minimum atomic E-state index is -1.07. The number of carboxylic acid groups (broad SMARTS) is 2. The van der Waals surface area contributed by atoms with Gasteiger partial charge in [0.1, 0.15) is 0 Å². The van der Waals surface area contributed by atoms with Crippen molar-refractivity contribution in [2.75, 3.05) is 0 Å². The van der Waals surface area contributed by atoms with Crippen molar-refractivity contribution in [3.8, 4) is 11.1 Å². The van der Waals surface area contributed by atoms with Crippen LogP contribution in [0.25, 0.3) is 11.1 Å². The van der Waals surface area contributed by atoms with Crippen molar-refractivity contribution < 1.29 is 19.8 Å². The average Bonchev–Trinajstić information content (AvgIpc) is 2.41. The summed E-state index contributed by atoms with van der Waals surface area (Å²) in [6, 6.07) is 9.68. The second kappa shape index (κ2) is 5.17. The number of aromatic carboxylic acids is 2. The van der Waals surface area contributed by atoms with Crippen LogP contribution in [0.3, 0.4) is 0 Å². The molecule has 0 saturated heterocycles. The SMILES string of the molecule is Cc1ccc(C(=O)O)c(-c2ccccc2C(=O)O)c1C. The van der Waals surface area contributed by atoms with Gasteiger partial charge in [-0.2, -0.15) is 0 Å². The van der Waals surface area contributed by atoms with Gasteiger partial charge in [-0.3, -0.25) is 0 Å². The molecule has 20 heavy (non-hydrogen) atoms. The molecule has 2 N–H and O–H groups in total. The van der Waals surface area contributed by atoms with Crippen molar-refractivity contribution in [1.29, 1.82) is 0 Å². The van der Waals surface area contributed by atoms with Gasteiger partial charge in [0, 0.05) is 5.56 Å². The Labute approximate surface area is 116 Å². The van der Waals surface area contributed by atoms with E-state index in [0.717, 1.165) is 11.1 Å². The van der Waals surface area contributed by atoms with E-state index in [9.17, 15) is 19.8 Å². The standard InChI is InChI=1S/C16H14O4/c1-9-7-8-13(16(19)20)14(10(9)2)11-5-3-4-6-12(11)15(17)18/h3-8H,1-2H3,(H,17,18)(H,19,20). The van der Waals surface area contributed by atoms with Crippen LogP contribution in [0, 0.1) is 13.8 Å². The predicted octanol–water partition coefficient (Wildman–Crippen LogP) is 3.37. The van der Waals surface area contributed by atoms with Crippen LogP contribution >= 0.6 is 0 Å². The van der Waals surface area contributed by atoms with Gasteiger partial charge in [-0.25, -0.2) is 9.59 Å². The molecule has 4 heteroatoms. The zero-order chi connectivity index (χ0) is 14.9.